The standard InChI is InChI=1S/C16H14F3N5O/c1-10-20-7-8-24(10)12-5-3-11(4-6-12)21-15(25)13-9-14(16(17,18)19)22-23(13)2/h3-9H,1-2H3,(H,21,25). The quantitative estimate of drug-likeness (QED) is 0.790. The molecule has 1 aromatic carbocycles. The Hall–Kier alpha value is -3.10. The van der Waals surface area contributed by atoms with Gasteiger partial charge in [-0.1, -0.05) is 0 Å². The van der Waals surface area contributed by atoms with Gasteiger partial charge < -0.3 is 9.88 Å². The van der Waals surface area contributed by atoms with Crippen LogP contribution in [-0.4, -0.2) is 25.2 Å². The maximum absolute atomic E-state index is 12.7. The summed E-state index contributed by atoms with van der Waals surface area (Å²) in [5.41, 5.74) is 0.0297. The van der Waals surface area contributed by atoms with E-state index in [-0.39, 0.29) is 5.69 Å². The summed E-state index contributed by atoms with van der Waals surface area (Å²) in [6.45, 7) is 1.86. The van der Waals surface area contributed by atoms with E-state index < -0.39 is 17.8 Å². The normalized spacial score (nSPS) is 11.6. The van der Waals surface area contributed by atoms with E-state index >= 15 is 0 Å². The van der Waals surface area contributed by atoms with E-state index in [1.54, 1.807) is 36.7 Å². The third-order valence-corrected chi connectivity index (χ3v) is 3.63. The van der Waals surface area contributed by atoms with Crippen LogP contribution in [0.1, 0.15) is 22.0 Å². The number of aromatic nitrogens is 4. The minimum Gasteiger partial charge on any atom is -0.321 e. The molecule has 0 radical (unpaired) electrons. The highest BCUT2D eigenvalue weighted by atomic mass is 19.4. The monoisotopic (exact) mass is 349 g/mol. The Morgan fingerprint density at radius 3 is 2.40 bits per heavy atom. The number of rotatable bonds is 3. The molecule has 3 aromatic rings. The summed E-state index contributed by atoms with van der Waals surface area (Å²) in [5.74, 6) is 0.142. The molecule has 2 heterocycles. The lowest BCUT2D eigenvalue weighted by Gasteiger charge is -2.08. The fraction of sp³-hybridized carbons (Fsp3) is 0.188. The van der Waals surface area contributed by atoms with Crippen LogP contribution in [-0.2, 0) is 13.2 Å². The van der Waals surface area contributed by atoms with Crippen molar-refractivity contribution >= 4 is 11.6 Å². The molecule has 0 bridgehead atoms. The highest BCUT2D eigenvalue weighted by molar-refractivity contribution is 6.03. The first-order valence-corrected chi connectivity index (χ1v) is 7.28. The smallest absolute Gasteiger partial charge is 0.321 e. The minimum absolute atomic E-state index is 0.179. The van der Waals surface area contributed by atoms with Gasteiger partial charge in [0.1, 0.15) is 11.5 Å². The summed E-state index contributed by atoms with van der Waals surface area (Å²) in [5, 5.41) is 5.88. The first-order valence-electron chi connectivity index (χ1n) is 7.28. The van der Waals surface area contributed by atoms with Crippen molar-refractivity contribution in [2.24, 2.45) is 7.05 Å². The lowest BCUT2D eigenvalue weighted by Crippen LogP contribution is -2.16. The number of nitrogens with zero attached hydrogens (tertiary/aromatic N) is 4. The van der Waals surface area contributed by atoms with Crippen molar-refractivity contribution in [1.29, 1.82) is 0 Å². The van der Waals surface area contributed by atoms with Gasteiger partial charge in [-0.25, -0.2) is 4.98 Å². The molecule has 130 valence electrons. The Morgan fingerprint density at radius 2 is 1.88 bits per heavy atom. The second-order valence-electron chi connectivity index (χ2n) is 5.38. The fourth-order valence-electron chi connectivity index (χ4n) is 2.37. The molecular weight excluding hydrogens is 335 g/mol. The molecule has 0 fully saturated rings. The predicted molar refractivity (Wildman–Crippen MR) is 84.5 cm³/mol. The van der Waals surface area contributed by atoms with Crippen molar-refractivity contribution in [2.45, 2.75) is 13.1 Å². The number of carbonyl (C=O) groups excluding carboxylic acids is 1. The molecule has 0 aliphatic carbocycles. The van der Waals surface area contributed by atoms with Crippen LogP contribution in [0.5, 0.6) is 0 Å². The van der Waals surface area contributed by atoms with Crippen LogP contribution in [0.4, 0.5) is 18.9 Å². The molecule has 0 atom stereocenters. The van der Waals surface area contributed by atoms with Crippen molar-refractivity contribution in [2.75, 3.05) is 5.32 Å². The van der Waals surface area contributed by atoms with Crippen LogP contribution in [0.2, 0.25) is 0 Å². The Kier molecular flexibility index (Phi) is 4.07. The van der Waals surface area contributed by atoms with Gasteiger partial charge in [-0.05, 0) is 31.2 Å². The van der Waals surface area contributed by atoms with E-state index in [4.69, 9.17) is 0 Å². The number of imidazole rings is 1. The maximum atomic E-state index is 12.7. The van der Waals surface area contributed by atoms with Gasteiger partial charge in [0.15, 0.2) is 5.69 Å². The van der Waals surface area contributed by atoms with Crippen molar-refractivity contribution in [3.8, 4) is 5.69 Å². The first kappa shape index (κ1) is 16.7. The molecule has 0 aliphatic heterocycles. The van der Waals surface area contributed by atoms with Gasteiger partial charge in [-0.15, -0.1) is 0 Å². The topological polar surface area (TPSA) is 64.7 Å². The molecule has 25 heavy (non-hydrogen) atoms. The van der Waals surface area contributed by atoms with Gasteiger partial charge in [-0.2, -0.15) is 18.3 Å². The molecule has 9 heteroatoms. The fourth-order valence-corrected chi connectivity index (χ4v) is 2.37. The molecule has 2 aromatic heterocycles. The molecule has 3 rings (SSSR count). The maximum Gasteiger partial charge on any atom is 0.435 e. The number of carbonyl (C=O) groups is 1. The first-order chi connectivity index (χ1) is 11.8. The number of halogens is 3. The minimum atomic E-state index is -4.60. The SMILES string of the molecule is Cc1nccn1-c1ccc(NC(=O)c2cc(C(F)(F)F)nn2C)cc1. The van der Waals surface area contributed by atoms with Crippen LogP contribution in [0.25, 0.3) is 5.69 Å². The van der Waals surface area contributed by atoms with E-state index in [1.165, 1.54) is 7.05 Å². The molecule has 0 spiro atoms. The summed E-state index contributed by atoms with van der Waals surface area (Å²) in [6, 6.07) is 7.59. The van der Waals surface area contributed by atoms with Gasteiger partial charge in [0.2, 0.25) is 0 Å². The molecule has 0 saturated carbocycles. The number of hydrogen-bond donors (Lipinski definition) is 1. The zero-order valence-corrected chi connectivity index (χ0v) is 13.4. The summed E-state index contributed by atoms with van der Waals surface area (Å²) in [4.78, 5) is 16.3. The van der Waals surface area contributed by atoms with Crippen LogP contribution >= 0.6 is 0 Å². The number of amides is 1. The number of alkyl halides is 3. The molecule has 1 amide bonds. The summed E-state index contributed by atoms with van der Waals surface area (Å²) in [6.07, 6.45) is -1.12. The van der Waals surface area contributed by atoms with E-state index in [9.17, 15) is 18.0 Å². The average molecular weight is 349 g/mol. The van der Waals surface area contributed by atoms with E-state index in [0.29, 0.717) is 5.69 Å². The van der Waals surface area contributed by atoms with E-state index in [0.717, 1.165) is 22.3 Å². The lowest BCUT2D eigenvalue weighted by atomic mass is 10.2. The number of benzene rings is 1. The molecule has 6 nitrogen and oxygen atoms in total. The zero-order valence-electron chi connectivity index (χ0n) is 13.4. The number of aryl methyl sites for hydroxylation is 2. The van der Waals surface area contributed by atoms with E-state index in [1.807, 2.05) is 11.5 Å². The molecule has 0 unspecified atom stereocenters. The number of hydrogen-bond acceptors (Lipinski definition) is 3. The van der Waals surface area contributed by atoms with Crippen molar-refractivity contribution in [3.63, 3.8) is 0 Å². The largest absolute Gasteiger partial charge is 0.435 e. The van der Waals surface area contributed by atoms with Crippen LogP contribution in [0.3, 0.4) is 0 Å². The number of anilines is 1. The highest BCUT2D eigenvalue weighted by Crippen LogP contribution is 2.28. The highest BCUT2D eigenvalue weighted by Gasteiger charge is 2.35. The Bertz CT molecular complexity index is 909. The number of nitrogens with one attached hydrogen (secondary N) is 1. The van der Waals surface area contributed by atoms with Gasteiger partial charge in [0.25, 0.3) is 5.91 Å². The second-order valence-corrected chi connectivity index (χ2v) is 5.38. The van der Waals surface area contributed by atoms with Crippen LogP contribution in [0, 0.1) is 6.92 Å². The van der Waals surface area contributed by atoms with Gasteiger partial charge in [0.05, 0.1) is 0 Å². The van der Waals surface area contributed by atoms with Crippen molar-refractivity contribution < 1.29 is 18.0 Å². The Morgan fingerprint density at radius 1 is 1.20 bits per heavy atom. The summed E-state index contributed by atoms with van der Waals surface area (Å²) >= 11 is 0. The zero-order chi connectivity index (χ0) is 18.2. The van der Waals surface area contributed by atoms with Crippen LogP contribution in [0.15, 0.2) is 42.7 Å². The predicted octanol–water partition coefficient (Wildman–Crippen LogP) is 3.19. The third-order valence-electron chi connectivity index (χ3n) is 3.63. The van der Waals surface area contributed by atoms with Gasteiger partial charge in [-0.3, -0.25) is 9.48 Å². The lowest BCUT2D eigenvalue weighted by molar-refractivity contribution is -0.141. The van der Waals surface area contributed by atoms with Crippen molar-refractivity contribution in [1.82, 2.24) is 19.3 Å². The summed E-state index contributed by atoms with van der Waals surface area (Å²) < 4.78 is 40.8. The average Bonchev–Trinajstić information content (AvgIpc) is 3.13. The van der Waals surface area contributed by atoms with Crippen molar-refractivity contribution in [3.05, 3.63) is 59.9 Å². The molecule has 1 N–H and O–H groups in total. The van der Waals surface area contributed by atoms with Crippen LogP contribution < -0.4 is 5.32 Å². The molecular formula is C16H14F3N5O. The second kappa shape index (κ2) is 6.08. The molecule has 0 saturated heterocycles. The molecule has 0 aliphatic rings. The Labute approximate surface area is 140 Å². The van der Waals surface area contributed by atoms with E-state index in [2.05, 4.69) is 15.4 Å². The Balaban J connectivity index is 1.78. The van der Waals surface area contributed by atoms with Gasteiger partial charge in [0, 0.05) is 36.9 Å². The van der Waals surface area contributed by atoms with Gasteiger partial charge >= 0.3 is 6.18 Å². The third kappa shape index (κ3) is 3.39. The summed E-state index contributed by atoms with van der Waals surface area (Å²) in [7, 11) is 1.29.